The minimum atomic E-state index is 0.570. The number of nitrogens with zero attached hydrogens (tertiary/aromatic N) is 2. The molecule has 4 N–H and O–H groups in total. The van der Waals surface area contributed by atoms with Crippen molar-refractivity contribution >= 4 is 11.6 Å². The predicted molar refractivity (Wildman–Crippen MR) is 51.0 cm³/mol. The van der Waals surface area contributed by atoms with Crippen molar-refractivity contribution in [1.82, 2.24) is 9.97 Å². The van der Waals surface area contributed by atoms with Crippen LogP contribution in [0.15, 0.2) is 12.4 Å². The van der Waals surface area contributed by atoms with Gasteiger partial charge in [-0.1, -0.05) is 6.92 Å². The quantitative estimate of drug-likeness (QED) is 0.467. The van der Waals surface area contributed by atoms with E-state index in [1.54, 1.807) is 6.07 Å². The zero-order valence-electron chi connectivity index (χ0n) is 7.49. The van der Waals surface area contributed by atoms with E-state index in [1.165, 1.54) is 12.7 Å². The second kappa shape index (κ2) is 3.18. The molecule has 1 aromatic rings. The Morgan fingerprint density at radius 3 is 2.77 bits per heavy atom. The van der Waals surface area contributed by atoms with E-state index in [4.69, 9.17) is 5.84 Å². The Kier molecular flexibility index (Phi) is 2.02. The number of nitrogens with two attached hydrogens (primary N) is 1. The van der Waals surface area contributed by atoms with Gasteiger partial charge >= 0.3 is 0 Å². The van der Waals surface area contributed by atoms with Crippen LogP contribution >= 0.6 is 0 Å². The molecule has 1 aromatic heterocycles. The first-order valence-electron chi connectivity index (χ1n) is 4.35. The summed E-state index contributed by atoms with van der Waals surface area (Å²) in [7, 11) is 0. The highest BCUT2D eigenvalue weighted by Gasteiger charge is 2.32. The lowest BCUT2D eigenvalue weighted by atomic mass is 10.4. The lowest BCUT2D eigenvalue weighted by Crippen LogP contribution is -2.11. The van der Waals surface area contributed by atoms with Crippen molar-refractivity contribution in [3.8, 4) is 0 Å². The SMILES string of the molecule is CC1CC1Nc1cc(NN)ncn1. The fourth-order valence-corrected chi connectivity index (χ4v) is 1.23. The van der Waals surface area contributed by atoms with Crippen LogP contribution in [-0.2, 0) is 0 Å². The van der Waals surface area contributed by atoms with E-state index in [1.807, 2.05) is 0 Å². The van der Waals surface area contributed by atoms with E-state index in [9.17, 15) is 0 Å². The van der Waals surface area contributed by atoms with Crippen LogP contribution in [-0.4, -0.2) is 16.0 Å². The molecule has 0 aromatic carbocycles. The Bertz CT molecular complexity index is 300. The molecule has 1 aliphatic rings. The average molecular weight is 179 g/mol. The third-order valence-electron chi connectivity index (χ3n) is 2.26. The van der Waals surface area contributed by atoms with Gasteiger partial charge in [-0.25, -0.2) is 15.8 Å². The van der Waals surface area contributed by atoms with Crippen molar-refractivity contribution in [3.63, 3.8) is 0 Å². The van der Waals surface area contributed by atoms with Crippen LogP contribution in [0.1, 0.15) is 13.3 Å². The summed E-state index contributed by atoms with van der Waals surface area (Å²) in [4.78, 5) is 8.00. The van der Waals surface area contributed by atoms with E-state index >= 15 is 0 Å². The van der Waals surface area contributed by atoms with E-state index in [0.29, 0.717) is 11.9 Å². The molecule has 70 valence electrons. The molecule has 13 heavy (non-hydrogen) atoms. The third kappa shape index (κ3) is 1.86. The molecule has 0 amide bonds. The molecule has 0 bridgehead atoms. The Hall–Kier alpha value is -1.36. The molecule has 5 heteroatoms. The normalized spacial score (nSPS) is 25.4. The lowest BCUT2D eigenvalue weighted by Gasteiger charge is -2.04. The third-order valence-corrected chi connectivity index (χ3v) is 2.26. The molecule has 2 rings (SSSR count). The van der Waals surface area contributed by atoms with Gasteiger partial charge in [0.05, 0.1) is 0 Å². The highest BCUT2D eigenvalue weighted by molar-refractivity contribution is 5.46. The van der Waals surface area contributed by atoms with E-state index in [0.717, 1.165) is 11.7 Å². The molecule has 5 nitrogen and oxygen atoms in total. The van der Waals surface area contributed by atoms with Gasteiger partial charge in [0.1, 0.15) is 18.0 Å². The topological polar surface area (TPSA) is 75.9 Å². The van der Waals surface area contributed by atoms with Gasteiger partial charge in [0, 0.05) is 12.1 Å². The summed E-state index contributed by atoms with van der Waals surface area (Å²) in [6.07, 6.45) is 2.71. The maximum absolute atomic E-state index is 5.22. The molecule has 1 heterocycles. The molecule has 1 aliphatic carbocycles. The number of nitrogen functional groups attached to an aromatic ring is 1. The number of hydrogen-bond donors (Lipinski definition) is 3. The van der Waals surface area contributed by atoms with E-state index < -0.39 is 0 Å². The maximum Gasteiger partial charge on any atom is 0.145 e. The Morgan fingerprint density at radius 1 is 1.46 bits per heavy atom. The van der Waals surface area contributed by atoms with Crippen LogP contribution in [0.5, 0.6) is 0 Å². The molecular weight excluding hydrogens is 166 g/mol. The zero-order valence-corrected chi connectivity index (χ0v) is 7.49. The molecule has 2 unspecified atom stereocenters. The summed E-state index contributed by atoms with van der Waals surface area (Å²) in [6.45, 7) is 2.21. The number of hydrazine groups is 1. The smallest absolute Gasteiger partial charge is 0.145 e. The van der Waals surface area contributed by atoms with Crippen LogP contribution in [0.3, 0.4) is 0 Å². The first kappa shape index (κ1) is 8.25. The summed E-state index contributed by atoms with van der Waals surface area (Å²) in [5.74, 6) is 7.44. The van der Waals surface area contributed by atoms with Gasteiger partial charge in [0.25, 0.3) is 0 Å². The van der Waals surface area contributed by atoms with Crippen LogP contribution in [0, 0.1) is 5.92 Å². The fraction of sp³-hybridized carbons (Fsp3) is 0.500. The highest BCUT2D eigenvalue weighted by atomic mass is 15.3. The maximum atomic E-state index is 5.22. The van der Waals surface area contributed by atoms with Crippen molar-refractivity contribution in [2.45, 2.75) is 19.4 Å². The largest absolute Gasteiger partial charge is 0.367 e. The van der Waals surface area contributed by atoms with Crippen molar-refractivity contribution in [3.05, 3.63) is 12.4 Å². The molecule has 0 aliphatic heterocycles. The molecule has 0 spiro atoms. The molecule has 0 radical (unpaired) electrons. The number of hydrogen-bond acceptors (Lipinski definition) is 5. The van der Waals surface area contributed by atoms with Crippen molar-refractivity contribution in [2.24, 2.45) is 11.8 Å². The molecule has 1 saturated carbocycles. The first-order chi connectivity index (χ1) is 6.29. The Labute approximate surface area is 76.7 Å². The average Bonchev–Trinajstić information content (AvgIpc) is 2.82. The van der Waals surface area contributed by atoms with Crippen molar-refractivity contribution in [2.75, 3.05) is 10.7 Å². The van der Waals surface area contributed by atoms with Gasteiger partial charge in [-0.3, -0.25) is 0 Å². The van der Waals surface area contributed by atoms with Gasteiger partial charge in [-0.2, -0.15) is 0 Å². The summed E-state index contributed by atoms with van der Waals surface area (Å²) < 4.78 is 0. The predicted octanol–water partition coefficient (Wildman–Crippen LogP) is 0.582. The van der Waals surface area contributed by atoms with Gasteiger partial charge in [-0.15, -0.1) is 0 Å². The first-order valence-corrected chi connectivity index (χ1v) is 4.35. The highest BCUT2D eigenvalue weighted by Crippen LogP contribution is 2.32. The standard InChI is InChI=1S/C8H13N5/c1-5-2-6(5)12-7-3-8(13-9)11-4-10-7/h3-6H,2,9H2,1H3,(H2,10,11,12,13). The second-order valence-corrected chi connectivity index (χ2v) is 3.40. The summed E-state index contributed by atoms with van der Waals surface area (Å²) in [5, 5.41) is 3.29. The van der Waals surface area contributed by atoms with Crippen molar-refractivity contribution in [1.29, 1.82) is 0 Å². The summed E-state index contributed by atoms with van der Waals surface area (Å²) in [6, 6.07) is 2.37. The summed E-state index contributed by atoms with van der Waals surface area (Å²) >= 11 is 0. The molecule has 0 saturated heterocycles. The van der Waals surface area contributed by atoms with Crippen LogP contribution in [0.2, 0.25) is 0 Å². The van der Waals surface area contributed by atoms with E-state index in [-0.39, 0.29) is 0 Å². The zero-order chi connectivity index (χ0) is 9.26. The summed E-state index contributed by atoms with van der Waals surface area (Å²) in [5.41, 5.74) is 2.48. The van der Waals surface area contributed by atoms with Crippen LogP contribution < -0.4 is 16.6 Å². The number of nitrogens with one attached hydrogen (secondary N) is 2. The van der Waals surface area contributed by atoms with Gasteiger partial charge < -0.3 is 10.7 Å². The minimum absolute atomic E-state index is 0.570. The Balaban J connectivity index is 2.03. The monoisotopic (exact) mass is 179 g/mol. The number of aromatic nitrogens is 2. The van der Waals surface area contributed by atoms with Gasteiger partial charge in [0.2, 0.25) is 0 Å². The minimum Gasteiger partial charge on any atom is -0.367 e. The van der Waals surface area contributed by atoms with Crippen molar-refractivity contribution < 1.29 is 0 Å². The fourth-order valence-electron chi connectivity index (χ4n) is 1.23. The molecular formula is C8H13N5. The van der Waals surface area contributed by atoms with E-state index in [2.05, 4.69) is 27.6 Å². The van der Waals surface area contributed by atoms with Gasteiger partial charge in [0.15, 0.2) is 0 Å². The van der Waals surface area contributed by atoms with Crippen LogP contribution in [0.4, 0.5) is 11.6 Å². The number of anilines is 2. The second-order valence-electron chi connectivity index (χ2n) is 3.40. The Morgan fingerprint density at radius 2 is 2.15 bits per heavy atom. The molecule has 1 fully saturated rings. The number of rotatable bonds is 3. The lowest BCUT2D eigenvalue weighted by molar-refractivity contribution is 0.921. The molecule has 2 atom stereocenters. The van der Waals surface area contributed by atoms with Gasteiger partial charge in [-0.05, 0) is 12.3 Å². The van der Waals surface area contributed by atoms with Crippen LogP contribution in [0.25, 0.3) is 0 Å².